The molecule has 0 saturated carbocycles. The highest BCUT2D eigenvalue weighted by Crippen LogP contribution is 2.35. The largest absolute Gasteiger partial charge is 0.516 e. The average molecular weight is 513 g/mol. The van der Waals surface area contributed by atoms with E-state index in [4.69, 9.17) is 4.74 Å². The third kappa shape index (κ3) is 6.63. The first kappa shape index (κ1) is 27.4. The Bertz CT molecular complexity index is 1170. The molecular formula is C21H23F6N2O4S+. The lowest BCUT2D eigenvalue weighted by Gasteiger charge is -2.30. The first-order valence-corrected chi connectivity index (χ1v) is 11.2. The number of carbonyl (C=O) groups excluding carboxylic acids is 1. The van der Waals surface area contributed by atoms with Crippen LogP contribution in [0.5, 0.6) is 0 Å². The van der Waals surface area contributed by atoms with Gasteiger partial charge in [0, 0.05) is 11.8 Å². The van der Waals surface area contributed by atoms with E-state index < -0.39 is 43.9 Å². The molecule has 2 aromatic carbocycles. The third-order valence-corrected chi connectivity index (χ3v) is 6.26. The summed E-state index contributed by atoms with van der Waals surface area (Å²) in [5.74, 6) is -1.38. The molecule has 0 amide bonds. The Kier molecular flexibility index (Phi) is 7.93. The molecule has 6 nitrogen and oxygen atoms in total. The van der Waals surface area contributed by atoms with Crippen molar-refractivity contribution < 1.29 is 48.8 Å². The second kappa shape index (κ2) is 9.82. The highest BCUT2D eigenvalue weighted by molar-refractivity contribution is 7.90. The topological polar surface area (TPSA) is 63.7 Å². The maximum Gasteiger partial charge on any atom is 0.516 e. The quantitative estimate of drug-likeness (QED) is 0.171. The summed E-state index contributed by atoms with van der Waals surface area (Å²) in [4.78, 5) is 12.0. The van der Waals surface area contributed by atoms with E-state index in [1.54, 1.807) is 0 Å². The van der Waals surface area contributed by atoms with Gasteiger partial charge in [0.25, 0.3) is 0 Å². The molecular weight excluding hydrogens is 490 g/mol. The Balaban J connectivity index is 2.08. The van der Waals surface area contributed by atoms with Gasteiger partial charge in [-0.3, -0.25) is 0 Å². The van der Waals surface area contributed by atoms with Crippen molar-refractivity contribution in [2.75, 3.05) is 27.2 Å². The maximum absolute atomic E-state index is 12.9. The van der Waals surface area contributed by atoms with E-state index in [0.29, 0.717) is 11.0 Å². The molecule has 0 atom stereocenters. The van der Waals surface area contributed by atoms with E-state index in [1.165, 1.54) is 0 Å². The Morgan fingerprint density at radius 3 is 2.21 bits per heavy atom. The van der Waals surface area contributed by atoms with Gasteiger partial charge < -0.3 is 9.22 Å². The molecule has 0 aliphatic heterocycles. The summed E-state index contributed by atoms with van der Waals surface area (Å²) in [7, 11) is -3.13. The fraction of sp³-hybridized carbons (Fsp3) is 0.381. The summed E-state index contributed by atoms with van der Waals surface area (Å²) < 4.78 is 102. The molecule has 0 aromatic heterocycles. The van der Waals surface area contributed by atoms with Crippen LogP contribution in [0.1, 0.15) is 12.5 Å². The van der Waals surface area contributed by atoms with Gasteiger partial charge in [-0.2, -0.15) is 25.9 Å². The number of quaternary nitrogens is 1. The third-order valence-electron chi connectivity index (χ3n) is 4.84. The number of esters is 1. The summed E-state index contributed by atoms with van der Waals surface area (Å²) >= 11 is 0. The van der Waals surface area contributed by atoms with Crippen molar-refractivity contribution in [1.29, 1.82) is 0 Å². The van der Waals surface area contributed by atoms with E-state index in [0.717, 1.165) is 23.3 Å². The van der Waals surface area contributed by atoms with Crippen molar-refractivity contribution in [3.8, 4) is 0 Å². The first-order chi connectivity index (χ1) is 15.5. The summed E-state index contributed by atoms with van der Waals surface area (Å²) in [5.41, 5.74) is -6.17. The molecule has 0 radical (unpaired) electrons. The lowest BCUT2D eigenvalue weighted by molar-refractivity contribution is -0.903. The van der Waals surface area contributed by atoms with Crippen LogP contribution in [0.2, 0.25) is 0 Å². The van der Waals surface area contributed by atoms with E-state index in [2.05, 4.69) is 0 Å². The van der Waals surface area contributed by atoms with Gasteiger partial charge in [0.2, 0.25) is 0 Å². The van der Waals surface area contributed by atoms with Crippen LogP contribution in [0.4, 0.5) is 26.3 Å². The zero-order valence-electron chi connectivity index (χ0n) is 18.4. The van der Waals surface area contributed by atoms with Crippen molar-refractivity contribution >= 4 is 26.8 Å². The van der Waals surface area contributed by atoms with Gasteiger partial charge in [-0.1, -0.05) is 42.5 Å². The van der Waals surface area contributed by atoms with Crippen LogP contribution in [0.25, 0.3) is 10.8 Å². The van der Waals surface area contributed by atoms with Crippen LogP contribution in [-0.2, 0) is 26.1 Å². The van der Waals surface area contributed by atoms with Gasteiger partial charge in [-0.15, -0.1) is 13.2 Å². The molecule has 0 spiro atoms. The van der Waals surface area contributed by atoms with Crippen LogP contribution < -0.4 is 0 Å². The molecule has 2 rings (SSSR count). The molecule has 188 valence electrons. The lowest BCUT2D eigenvalue weighted by atomic mass is 10.0. The molecule has 0 heterocycles. The fourth-order valence-electron chi connectivity index (χ4n) is 3.09. The van der Waals surface area contributed by atoms with Gasteiger partial charge >= 0.3 is 27.8 Å². The minimum absolute atomic E-state index is 0.228. The van der Waals surface area contributed by atoms with Crippen molar-refractivity contribution in [2.45, 2.75) is 25.3 Å². The monoisotopic (exact) mass is 513 g/mol. The van der Waals surface area contributed by atoms with Crippen LogP contribution in [-0.4, -0.2) is 62.2 Å². The highest BCUT2D eigenvalue weighted by atomic mass is 32.2. The summed E-state index contributed by atoms with van der Waals surface area (Å²) in [6, 6.07) is 13.5. The second-order valence-corrected chi connectivity index (χ2v) is 9.92. The van der Waals surface area contributed by atoms with Crippen LogP contribution in [0.3, 0.4) is 0 Å². The van der Waals surface area contributed by atoms with Gasteiger partial charge in [0.05, 0.1) is 19.7 Å². The summed E-state index contributed by atoms with van der Waals surface area (Å²) in [6.07, 6.45) is -6.38. The number of halogens is 6. The van der Waals surface area contributed by atoms with Gasteiger partial charge in [0.1, 0.15) is 19.7 Å². The summed E-state index contributed by atoms with van der Waals surface area (Å²) in [5, 5.41) is 2.07. The minimum atomic E-state index is -6.80. The van der Waals surface area contributed by atoms with Crippen molar-refractivity contribution in [3.63, 3.8) is 0 Å². The van der Waals surface area contributed by atoms with Crippen molar-refractivity contribution in [2.24, 2.45) is 0 Å². The fourth-order valence-corrected chi connectivity index (χ4v) is 3.88. The molecule has 34 heavy (non-hydrogen) atoms. The van der Waals surface area contributed by atoms with E-state index in [9.17, 15) is 39.6 Å². The van der Waals surface area contributed by atoms with E-state index >= 15 is 0 Å². The van der Waals surface area contributed by atoms with Crippen LogP contribution in [0, 0.1) is 0 Å². The number of sulfonamides is 1. The Hall–Kier alpha value is -2.80. The smallest absolute Gasteiger partial charge is 0.456 e. The number of alkyl halides is 6. The number of benzene rings is 2. The van der Waals surface area contributed by atoms with E-state index in [-0.39, 0.29) is 13.2 Å². The molecule has 0 N–H and O–H groups in total. The number of hydrogen-bond acceptors (Lipinski definition) is 4. The van der Waals surface area contributed by atoms with Crippen LogP contribution >= 0.6 is 0 Å². The number of carbonyl (C=O) groups is 1. The zero-order valence-corrected chi connectivity index (χ0v) is 19.3. The predicted molar refractivity (Wildman–Crippen MR) is 112 cm³/mol. The van der Waals surface area contributed by atoms with E-state index in [1.807, 2.05) is 56.6 Å². The number of ether oxygens (including phenoxy) is 1. The Morgan fingerprint density at radius 1 is 1.03 bits per heavy atom. The Morgan fingerprint density at radius 2 is 1.62 bits per heavy atom. The average Bonchev–Trinajstić information content (AvgIpc) is 2.69. The lowest BCUT2D eigenvalue weighted by Crippen LogP contribution is -2.45. The normalized spacial score (nSPS) is 13.7. The van der Waals surface area contributed by atoms with Crippen molar-refractivity contribution in [3.05, 3.63) is 59.8 Å². The molecule has 2 aromatic rings. The predicted octanol–water partition coefficient (Wildman–Crippen LogP) is 4.53. The number of nitrogens with zero attached hydrogens (tertiary/aromatic N) is 2. The first-order valence-electron chi connectivity index (χ1n) is 9.77. The number of rotatable bonds is 8. The zero-order chi connectivity index (χ0) is 25.9. The number of likely N-dealkylation sites (N-methyl/N-ethyl adjacent to an activating group) is 1. The second-order valence-electron chi connectivity index (χ2n) is 8.12. The Labute approximate surface area is 192 Å². The van der Waals surface area contributed by atoms with Gasteiger partial charge in [-0.05, 0) is 17.7 Å². The standard InChI is InChI=1S/C21H23F6N2O4S/c1-15(13-28(20(22,23)24)34(31,32)21(25,26)27)19(30)33-12-11-29(2,3)14-17-9-6-8-16-7-4-5-10-18(16)17/h4-10,13H,11-12,14H2,1-3H3/q+1. The molecule has 13 heteroatoms. The summed E-state index contributed by atoms with van der Waals surface area (Å²) in [6.45, 7) is 1.22. The SMILES string of the molecule is CC(=CN(C(F)(F)F)S(=O)(=O)C(F)(F)F)C(=O)OCC[N+](C)(C)Cc1cccc2ccccc12. The molecule has 0 aliphatic carbocycles. The molecule has 0 aliphatic rings. The molecule has 0 saturated heterocycles. The maximum atomic E-state index is 12.9. The van der Waals surface area contributed by atoms with Crippen molar-refractivity contribution in [1.82, 2.24) is 4.31 Å². The molecule has 0 unspecified atom stereocenters. The van der Waals surface area contributed by atoms with Gasteiger partial charge in [-0.25, -0.2) is 4.79 Å². The minimum Gasteiger partial charge on any atom is -0.456 e. The van der Waals surface area contributed by atoms with Gasteiger partial charge in [0.15, 0.2) is 0 Å². The number of hydrogen-bond donors (Lipinski definition) is 0. The number of fused-ring (bicyclic) bond motifs is 1. The highest BCUT2D eigenvalue weighted by Gasteiger charge is 2.57. The van der Waals surface area contributed by atoms with Crippen LogP contribution in [0.15, 0.2) is 54.2 Å². The molecule has 0 bridgehead atoms. The molecule has 0 fully saturated rings.